The lowest BCUT2D eigenvalue weighted by atomic mass is 10.0. The summed E-state index contributed by atoms with van der Waals surface area (Å²) in [6, 6.07) is 5.53. The molecule has 3 rings (SSSR count). The Balaban J connectivity index is 1.43. The predicted octanol–water partition coefficient (Wildman–Crippen LogP) is 3.61. The number of aryl methyl sites for hydroxylation is 1. The second-order valence-corrected chi connectivity index (χ2v) is 8.96. The SMILES string of the molecule is Cc1ncsc1C(=O)NC1CCN(CC(=O)N(C)Cc2ccc(Cl)c(Cl)c2)CC1. The minimum absolute atomic E-state index is 0.0545. The predicted molar refractivity (Wildman–Crippen MR) is 117 cm³/mol. The third kappa shape index (κ3) is 5.92. The number of piperidine rings is 1. The zero-order valence-electron chi connectivity index (χ0n) is 16.5. The summed E-state index contributed by atoms with van der Waals surface area (Å²) in [5.74, 6) is -0.000252. The lowest BCUT2D eigenvalue weighted by Crippen LogP contribution is -2.47. The molecule has 1 N–H and O–H groups in total. The first kappa shape index (κ1) is 22.0. The van der Waals surface area contributed by atoms with Gasteiger partial charge >= 0.3 is 0 Å². The van der Waals surface area contributed by atoms with Crippen LogP contribution in [0.2, 0.25) is 10.0 Å². The molecule has 0 spiro atoms. The number of rotatable bonds is 6. The van der Waals surface area contributed by atoms with Gasteiger partial charge in [0.2, 0.25) is 5.91 Å². The summed E-state index contributed by atoms with van der Waals surface area (Å²) < 4.78 is 0. The molecular weight excluding hydrogens is 431 g/mol. The molecule has 0 atom stereocenters. The van der Waals surface area contributed by atoms with Crippen molar-refractivity contribution in [2.24, 2.45) is 0 Å². The fraction of sp³-hybridized carbons (Fsp3) is 0.450. The van der Waals surface area contributed by atoms with Crippen LogP contribution < -0.4 is 5.32 Å². The van der Waals surface area contributed by atoms with E-state index in [1.54, 1.807) is 29.6 Å². The third-order valence-corrected chi connectivity index (χ3v) is 6.73. The second kappa shape index (κ2) is 9.89. The van der Waals surface area contributed by atoms with E-state index in [4.69, 9.17) is 23.2 Å². The van der Waals surface area contributed by atoms with E-state index < -0.39 is 0 Å². The molecule has 0 unspecified atom stereocenters. The van der Waals surface area contributed by atoms with Gasteiger partial charge in [-0.15, -0.1) is 11.3 Å². The lowest BCUT2D eigenvalue weighted by molar-refractivity contribution is -0.131. The lowest BCUT2D eigenvalue weighted by Gasteiger charge is -2.32. The Hall–Kier alpha value is -1.67. The first-order valence-electron chi connectivity index (χ1n) is 9.44. The van der Waals surface area contributed by atoms with Gasteiger partial charge in [-0.3, -0.25) is 14.5 Å². The molecule has 0 bridgehead atoms. The van der Waals surface area contributed by atoms with Crippen LogP contribution >= 0.6 is 34.5 Å². The largest absolute Gasteiger partial charge is 0.348 e. The molecule has 6 nitrogen and oxygen atoms in total. The highest BCUT2D eigenvalue weighted by atomic mass is 35.5. The summed E-state index contributed by atoms with van der Waals surface area (Å²) in [5, 5.41) is 4.08. The monoisotopic (exact) mass is 454 g/mol. The van der Waals surface area contributed by atoms with Crippen LogP contribution in [0.1, 0.15) is 33.8 Å². The molecule has 2 amide bonds. The molecule has 1 aromatic heterocycles. The van der Waals surface area contributed by atoms with E-state index >= 15 is 0 Å². The molecule has 1 aliphatic rings. The van der Waals surface area contributed by atoms with Crippen molar-refractivity contribution in [2.75, 3.05) is 26.7 Å². The standard InChI is InChI=1S/C20H24Cl2N4O2S/c1-13-19(29-12-23-13)20(28)24-15-5-7-26(8-6-15)11-18(27)25(2)10-14-3-4-16(21)17(22)9-14/h3-4,9,12,15H,5-8,10-11H2,1-2H3,(H,24,28). The summed E-state index contributed by atoms with van der Waals surface area (Å²) in [4.78, 5) is 33.5. The number of aromatic nitrogens is 1. The highest BCUT2D eigenvalue weighted by Crippen LogP contribution is 2.23. The Morgan fingerprint density at radius 2 is 2.00 bits per heavy atom. The highest BCUT2D eigenvalue weighted by Gasteiger charge is 2.24. The fourth-order valence-corrected chi connectivity index (χ4v) is 4.34. The molecular formula is C20H24Cl2N4O2S. The van der Waals surface area contributed by atoms with Crippen molar-refractivity contribution in [1.29, 1.82) is 0 Å². The van der Waals surface area contributed by atoms with Gasteiger partial charge in [0, 0.05) is 32.7 Å². The number of carbonyl (C=O) groups is 2. The van der Waals surface area contributed by atoms with Crippen molar-refractivity contribution in [2.45, 2.75) is 32.4 Å². The number of amides is 2. The Bertz CT molecular complexity index is 881. The number of carbonyl (C=O) groups excluding carboxylic acids is 2. The smallest absolute Gasteiger partial charge is 0.263 e. The highest BCUT2D eigenvalue weighted by molar-refractivity contribution is 7.11. The molecule has 29 heavy (non-hydrogen) atoms. The number of likely N-dealkylation sites (tertiary alicyclic amines) is 1. The van der Waals surface area contributed by atoms with Gasteiger partial charge in [-0.25, -0.2) is 4.98 Å². The van der Waals surface area contributed by atoms with Gasteiger partial charge in [-0.1, -0.05) is 29.3 Å². The molecule has 1 fully saturated rings. The molecule has 9 heteroatoms. The molecule has 1 aliphatic heterocycles. The molecule has 0 radical (unpaired) electrons. The Morgan fingerprint density at radius 3 is 2.62 bits per heavy atom. The van der Waals surface area contributed by atoms with Crippen LogP contribution in [0.4, 0.5) is 0 Å². The Labute approximate surface area is 184 Å². The summed E-state index contributed by atoms with van der Waals surface area (Å²) in [6.45, 7) is 4.24. The zero-order chi connectivity index (χ0) is 21.0. The van der Waals surface area contributed by atoms with Crippen LogP contribution in [0.3, 0.4) is 0 Å². The number of hydrogen-bond acceptors (Lipinski definition) is 5. The van der Waals surface area contributed by atoms with Crippen LogP contribution in [0.5, 0.6) is 0 Å². The van der Waals surface area contributed by atoms with Gasteiger partial charge < -0.3 is 10.2 Å². The maximum atomic E-state index is 12.6. The summed E-state index contributed by atoms with van der Waals surface area (Å²) in [7, 11) is 1.79. The average molecular weight is 455 g/mol. The molecule has 1 saturated heterocycles. The van der Waals surface area contributed by atoms with E-state index in [1.807, 2.05) is 13.0 Å². The Morgan fingerprint density at radius 1 is 1.28 bits per heavy atom. The van der Waals surface area contributed by atoms with E-state index in [0.717, 1.165) is 37.2 Å². The van der Waals surface area contributed by atoms with Crippen LogP contribution in [-0.4, -0.2) is 59.3 Å². The normalized spacial score (nSPS) is 15.3. The maximum absolute atomic E-state index is 12.6. The summed E-state index contributed by atoms with van der Waals surface area (Å²) in [6.07, 6.45) is 1.65. The molecule has 156 valence electrons. The molecule has 2 aromatic rings. The van der Waals surface area contributed by atoms with Crippen molar-refractivity contribution in [1.82, 2.24) is 20.1 Å². The van der Waals surface area contributed by atoms with E-state index in [9.17, 15) is 9.59 Å². The van der Waals surface area contributed by atoms with Gasteiger partial charge in [0.25, 0.3) is 5.91 Å². The van der Waals surface area contributed by atoms with Crippen molar-refractivity contribution in [3.05, 3.63) is 49.9 Å². The van der Waals surface area contributed by atoms with Gasteiger partial charge in [0.05, 0.1) is 27.8 Å². The quantitative estimate of drug-likeness (QED) is 0.723. The van der Waals surface area contributed by atoms with Crippen LogP contribution in [0, 0.1) is 6.92 Å². The molecule has 0 saturated carbocycles. The molecule has 1 aromatic carbocycles. The van der Waals surface area contributed by atoms with Crippen molar-refractivity contribution >= 4 is 46.4 Å². The number of nitrogens with one attached hydrogen (secondary N) is 1. The van der Waals surface area contributed by atoms with Crippen LogP contribution in [0.15, 0.2) is 23.7 Å². The van der Waals surface area contributed by atoms with E-state index in [2.05, 4.69) is 15.2 Å². The first-order valence-corrected chi connectivity index (χ1v) is 11.1. The average Bonchev–Trinajstić information content (AvgIpc) is 3.12. The zero-order valence-corrected chi connectivity index (χ0v) is 18.8. The number of thiazole rings is 1. The van der Waals surface area contributed by atoms with Gasteiger partial charge in [-0.05, 0) is 37.5 Å². The van der Waals surface area contributed by atoms with Crippen LogP contribution in [0.25, 0.3) is 0 Å². The topological polar surface area (TPSA) is 65.5 Å². The van der Waals surface area contributed by atoms with Gasteiger partial charge in [0.15, 0.2) is 0 Å². The number of nitrogens with zero attached hydrogens (tertiary/aromatic N) is 3. The molecule has 2 heterocycles. The minimum Gasteiger partial charge on any atom is -0.348 e. The summed E-state index contributed by atoms with van der Waals surface area (Å²) in [5.41, 5.74) is 3.39. The number of halogens is 2. The van der Waals surface area contributed by atoms with Crippen molar-refractivity contribution in [3.8, 4) is 0 Å². The summed E-state index contributed by atoms with van der Waals surface area (Å²) >= 11 is 13.3. The Kier molecular flexibility index (Phi) is 7.51. The number of likely N-dealkylation sites (N-methyl/N-ethyl adjacent to an activating group) is 1. The minimum atomic E-state index is -0.0547. The first-order chi connectivity index (χ1) is 13.8. The fourth-order valence-electron chi connectivity index (χ4n) is 3.32. The second-order valence-electron chi connectivity index (χ2n) is 7.29. The maximum Gasteiger partial charge on any atom is 0.263 e. The van der Waals surface area contributed by atoms with Crippen LogP contribution in [-0.2, 0) is 11.3 Å². The number of hydrogen-bond donors (Lipinski definition) is 1. The van der Waals surface area contributed by atoms with Gasteiger partial charge in [0.1, 0.15) is 4.88 Å². The van der Waals surface area contributed by atoms with Crippen molar-refractivity contribution < 1.29 is 9.59 Å². The van der Waals surface area contributed by atoms with E-state index in [0.29, 0.717) is 28.0 Å². The molecule has 0 aliphatic carbocycles. The third-order valence-electron chi connectivity index (χ3n) is 5.06. The van der Waals surface area contributed by atoms with Crippen molar-refractivity contribution in [3.63, 3.8) is 0 Å². The van der Waals surface area contributed by atoms with Gasteiger partial charge in [-0.2, -0.15) is 0 Å². The van der Waals surface area contributed by atoms with E-state index in [-0.39, 0.29) is 17.9 Å². The van der Waals surface area contributed by atoms with E-state index in [1.165, 1.54) is 11.3 Å². The number of benzene rings is 1.